The number of aromatic nitrogens is 2. The molecule has 1 heterocycles. The summed E-state index contributed by atoms with van der Waals surface area (Å²) in [6, 6.07) is 5.63. The van der Waals surface area contributed by atoms with Crippen molar-refractivity contribution < 1.29 is 0 Å². The summed E-state index contributed by atoms with van der Waals surface area (Å²) in [4.78, 5) is 0. The molecule has 1 aromatic carbocycles. The molecule has 3 nitrogen and oxygen atoms in total. The highest BCUT2D eigenvalue weighted by molar-refractivity contribution is 6.31. The molecule has 2 aromatic rings. The third-order valence-corrected chi connectivity index (χ3v) is 2.35. The lowest BCUT2D eigenvalue weighted by molar-refractivity contribution is 0.722. The molecule has 0 fully saturated rings. The van der Waals surface area contributed by atoms with Crippen molar-refractivity contribution in [2.24, 2.45) is 12.8 Å². The van der Waals surface area contributed by atoms with Gasteiger partial charge in [0.25, 0.3) is 0 Å². The largest absolute Gasteiger partial charge is 0.325 e. The zero-order valence-electron chi connectivity index (χ0n) is 7.29. The molecule has 0 atom stereocenters. The standard InChI is InChI=1S/C9H10ClN3/c1-13-9(5-11)7-4-6(10)2-3-8(7)12-13/h2-4H,5,11H2,1H3. The first-order valence-corrected chi connectivity index (χ1v) is 4.41. The van der Waals surface area contributed by atoms with Crippen molar-refractivity contribution in [2.45, 2.75) is 6.54 Å². The van der Waals surface area contributed by atoms with Crippen LogP contribution in [0.3, 0.4) is 0 Å². The van der Waals surface area contributed by atoms with Crippen LogP contribution in [0.1, 0.15) is 5.69 Å². The van der Waals surface area contributed by atoms with Crippen molar-refractivity contribution in [3.63, 3.8) is 0 Å². The van der Waals surface area contributed by atoms with Gasteiger partial charge in [0.2, 0.25) is 0 Å². The molecule has 1 aromatic heterocycles. The van der Waals surface area contributed by atoms with Gasteiger partial charge in [-0.2, -0.15) is 5.10 Å². The van der Waals surface area contributed by atoms with E-state index in [0.29, 0.717) is 6.54 Å². The number of nitrogens with zero attached hydrogens (tertiary/aromatic N) is 2. The van der Waals surface area contributed by atoms with Crippen LogP contribution in [0.25, 0.3) is 10.9 Å². The Bertz CT molecular complexity index is 447. The lowest BCUT2D eigenvalue weighted by Crippen LogP contribution is -2.04. The second kappa shape index (κ2) is 3.01. The second-order valence-corrected chi connectivity index (χ2v) is 3.37. The summed E-state index contributed by atoms with van der Waals surface area (Å²) < 4.78 is 1.79. The first kappa shape index (κ1) is 8.53. The van der Waals surface area contributed by atoms with E-state index in [4.69, 9.17) is 17.3 Å². The Morgan fingerprint density at radius 3 is 3.00 bits per heavy atom. The Balaban J connectivity index is 2.80. The van der Waals surface area contributed by atoms with Gasteiger partial charge < -0.3 is 5.73 Å². The average molecular weight is 196 g/mol. The fourth-order valence-corrected chi connectivity index (χ4v) is 1.64. The first-order valence-electron chi connectivity index (χ1n) is 4.03. The smallest absolute Gasteiger partial charge is 0.0927 e. The number of halogens is 1. The monoisotopic (exact) mass is 195 g/mol. The van der Waals surface area contributed by atoms with Gasteiger partial charge >= 0.3 is 0 Å². The molecule has 68 valence electrons. The maximum absolute atomic E-state index is 5.88. The molecule has 13 heavy (non-hydrogen) atoms. The van der Waals surface area contributed by atoms with E-state index in [1.165, 1.54) is 0 Å². The molecule has 0 unspecified atom stereocenters. The van der Waals surface area contributed by atoms with Crippen LogP contribution in [-0.4, -0.2) is 9.78 Å². The van der Waals surface area contributed by atoms with Gasteiger partial charge in [0.1, 0.15) is 0 Å². The number of benzene rings is 1. The van der Waals surface area contributed by atoms with E-state index >= 15 is 0 Å². The van der Waals surface area contributed by atoms with Crippen molar-refractivity contribution in [1.82, 2.24) is 9.78 Å². The summed E-state index contributed by atoms with van der Waals surface area (Å²) in [5.74, 6) is 0. The summed E-state index contributed by atoms with van der Waals surface area (Å²) in [6.07, 6.45) is 0. The Morgan fingerprint density at radius 2 is 2.31 bits per heavy atom. The van der Waals surface area contributed by atoms with E-state index in [1.54, 1.807) is 4.68 Å². The van der Waals surface area contributed by atoms with Gasteiger partial charge in [0.15, 0.2) is 0 Å². The van der Waals surface area contributed by atoms with E-state index < -0.39 is 0 Å². The third-order valence-electron chi connectivity index (χ3n) is 2.11. The van der Waals surface area contributed by atoms with Gasteiger partial charge in [-0.05, 0) is 18.2 Å². The number of rotatable bonds is 1. The van der Waals surface area contributed by atoms with Gasteiger partial charge in [0, 0.05) is 24.0 Å². The quantitative estimate of drug-likeness (QED) is 0.753. The van der Waals surface area contributed by atoms with Crippen LogP contribution in [0, 0.1) is 0 Å². The highest BCUT2D eigenvalue weighted by Gasteiger charge is 2.06. The zero-order chi connectivity index (χ0) is 9.42. The highest BCUT2D eigenvalue weighted by atomic mass is 35.5. The minimum Gasteiger partial charge on any atom is -0.325 e. The van der Waals surface area contributed by atoms with E-state index in [0.717, 1.165) is 21.6 Å². The third kappa shape index (κ3) is 1.30. The van der Waals surface area contributed by atoms with Crippen LogP contribution in [-0.2, 0) is 13.6 Å². The topological polar surface area (TPSA) is 43.8 Å². The molecular formula is C9H10ClN3. The number of nitrogens with two attached hydrogens (primary N) is 1. The number of hydrogen-bond acceptors (Lipinski definition) is 2. The molecule has 0 bridgehead atoms. The average Bonchev–Trinajstić information content (AvgIpc) is 2.40. The van der Waals surface area contributed by atoms with Crippen LogP contribution < -0.4 is 5.73 Å². The molecule has 0 aliphatic rings. The maximum Gasteiger partial charge on any atom is 0.0927 e. The molecule has 0 saturated heterocycles. The molecule has 0 radical (unpaired) electrons. The molecule has 0 aliphatic carbocycles. The summed E-state index contributed by atoms with van der Waals surface area (Å²) in [5.41, 5.74) is 7.56. The number of hydrogen-bond donors (Lipinski definition) is 1. The van der Waals surface area contributed by atoms with Gasteiger partial charge in [-0.3, -0.25) is 4.68 Å². The number of fused-ring (bicyclic) bond motifs is 1. The molecule has 4 heteroatoms. The minimum atomic E-state index is 0.480. The summed E-state index contributed by atoms with van der Waals surface area (Å²) in [7, 11) is 1.89. The van der Waals surface area contributed by atoms with Crippen molar-refractivity contribution in [3.8, 4) is 0 Å². The molecule has 2 rings (SSSR count). The second-order valence-electron chi connectivity index (χ2n) is 2.94. The summed E-state index contributed by atoms with van der Waals surface area (Å²) in [5, 5.41) is 6.06. The SMILES string of the molecule is Cn1nc2ccc(Cl)cc2c1CN. The Morgan fingerprint density at radius 1 is 1.54 bits per heavy atom. The van der Waals surface area contributed by atoms with Crippen molar-refractivity contribution >= 4 is 22.5 Å². The van der Waals surface area contributed by atoms with E-state index in [2.05, 4.69) is 5.10 Å². The van der Waals surface area contributed by atoms with Crippen molar-refractivity contribution in [2.75, 3.05) is 0 Å². The first-order chi connectivity index (χ1) is 6.22. The van der Waals surface area contributed by atoms with Gasteiger partial charge in [-0.1, -0.05) is 11.6 Å². The molecule has 0 saturated carbocycles. The molecule has 0 spiro atoms. The molecule has 0 aliphatic heterocycles. The van der Waals surface area contributed by atoms with Crippen LogP contribution >= 0.6 is 11.6 Å². The van der Waals surface area contributed by atoms with E-state index in [-0.39, 0.29) is 0 Å². The van der Waals surface area contributed by atoms with Crippen molar-refractivity contribution in [1.29, 1.82) is 0 Å². The van der Waals surface area contributed by atoms with Crippen molar-refractivity contribution in [3.05, 3.63) is 28.9 Å². The van der Waals surface area contributed by atoms with E-state index in [9.17, 15) is 0 Å². The Hall–Kier alpha value is -1.06. The zero-order valence-corrected chi connectivity index (χ0v) is 8.04. The van der Waals surface area contributed by atoms with Crippen LogP contribution in [0.4, 0.5) is 0 Å². The predicted molar refractivity (Wildman–Crippen MR) is 53.6 cm³/mol. The fourth-order valence-electron chi connectivity index (χ4n) is 1.46. The Labute approximate surface area is 81.1 Å². The molecular weight excluding hydrogens is 186 g/mol. The summed E-state index contributed by atoms with van der Waals surface area (Å²) >= 11 is 5.88. The lowest BCUT2D eigenvalue weighted by Gasteiger charge is -1.96. The maximum atomic E-state index is 5.88. The van der Waals surface area contributed by atoms with Gasteiger partial charge in [-0.25, -0.2) is 0 Å². The van der Waals surface area contributed by atoms with Crippen LogP contribution in [0.5, 0.6) is 0 Å². The number of aryl methyl sites for hydroxylation is 1. The van der Waals surface area contributed by atoms with Crippen LogP contribution in [0.15, 0.2) is 18.2 Å². The predicted octanol–water partition coefficient (Wildman–Crippen LogP) is 1.69. The fraction of sp³-hybridized carbons (Fsp3) is 0.222. The van der Waals surface area contributed by atoms with E-state index in [1.807, 2.05) is 25.2 Å². The normalized spacial score (nSPS) is 11.0. The minimum absolute atomic E-state index is 0.480. The molecule has 0 amide bonds. The van der Waals surface area contributed by atoms with Crippen LogP contribution in [0.2, 0.25) is 5.02 Å². The lowest BCUT2D eigenvalue weighted by atomic mass is 10.2. The Kier molecular flexibility index (Phi) is 1.98. The van der Waals surface area contributed by atoms with Gasteiger partial charge in [0.05, 0.1) is 11.2 Å². The summed E-state index contributed by atoms with van der Waals surface area (Å²) in [6.45, 7) is 0.480. The van der Waals surface area contributed by atoms with Gasteiger partial charge in [-0.15, -0.1) is 0 Å². The molecule has 2 N–H and O–H groups in total. The highest BCUT2D eigenvalue weighted by Crippen LogP contribution is 2.21.